The van der Waals surface area contributed by atoms with Gasteiger partial charge in [-0.05, 0) is 73.1 Å². The Morgan fingerprint density at radius 2 is 2.00 bits per heavy atom. The number of hydrogen-bond donors (Lipinski definition) is 1. The van der Waals surface area contributed by atoms with Crippen molar-refractivity contribution in [2.24, 2.45) is 0 Å². The predicted octanol–water partition coefficient (Wildman–Crippen LogP) is 5.51. The van der Waals surface area contributed by atoms with E-state index in [9.17, 15) is 9.90 Å². The number of carbonyl (C=O) groups is 1. The molecule has 1 amide bonds. The Morgan fingerprint density at radius 1 is 1.14 bits per heavy atom. The zero-order chi connectivity index (χ0) is 25.9. The van der Waals surface area contributed by atoms with Gasteiger partial charge in [0, 0.05) is 23.7 Å². The third kappa shape index (κ3) is 5.26. The van der Waals surface area contributed by atoms with E-state index in [1.807, 2.05) is 65.3 Å². The summed E-state index contributed by atoms with van der Waals surface area (Å²) in [6.07, 6.45) is 9.78. The number of aromatic nitrogens is 4. The molecule has 5 rings (SSSR count). The largest absolute Gasteiger partial charge is 0.508 e. The van der Waals surface area contributed by atoms with E-state index in [0.29, 0.717) is 19.0 Å². The summed E-state index contributed by atoms with van der Waals surface area (Å²) >= 11 is 0. The second kappa shape index (κ2) is 10.5. The number of phenolic OH excluding ortho intramolecular Hbond substituents is 1. The van der Waals surface area contributed by atoms with Crippen molar-refractivity contribution in [3.63, 3.8) is 0 Å². The first-order chi connectivity index (χ1) is 17.9. The number of pyridine rings is 2. The highest BCUT2D eigenvalue weighted by Gasteiger charge is 2.32. The standard InChI is InChI=1S/C30H33N5O2/c1-20(2)27-13-12-23(16-32-27)35(30(37)26-10-4-9-25-24(26)8-5-11-29(25)36)18-22-15-33-34(17-22)19-28-21(3)7-6-14-31-28/h5-8,11-17,20,26,36H,4,9-10,18-19H2,1-3H3. The molecule has 37 heavy (non-hydrogen) atoms. The van der Waals surface area contributed by atoms with Crippen LogP contribution in [-0.2, 0) is 24.3 Å². The zero-order valence-corrected chi connectivity index (χ0v) is 21.6. The van der Waals surface area contributed by atoms with Crippen LogP contribution in [0.1, 0.15) is 72.2 Å². The fourth-order valence-corrected chi connectivity index (χ4v) is 5.06. The molecular formula is C30H33N5O2. The molecule has 1 aliphatic rings. The summed E-state index contributed by atoms with van der Waals surface area (Å²) in [6.45, 7) is 7.21. The highest BCUT2D eigenvalue weighted by Crippen LogP contribution is 2.38. The smallest absolute Gasteiger partial charge is 0.234 e. The number of anilines is 1. The summed E-state index contributed by atoms with van der Waals surface area (Å²) in [5.74, 6) is 0.279. The Labute approximate surface area is 217 Å². The van der Waals surface area contributed by atoms with Gasteiger partial charge in [0.1, 0.15) is 5.75 Å². The minimum atomic E-state index is -0.313. The van der Waals surface area contributed by atoms with Gasteiger partial charge in [0.2, 0.25) is 5.91 Å². The van der Waals surface area contributed by atoms with Crippen LogP contribution >= 0.6 is 0 Å². The molecule has 7 nitrogen and oxygen atoms in total. The van der Waals surface area contributed by atoms with Crippen molar-refractivity contribution in [2.75, 3.05) is 4.90 Å². The van der Waals surface area contributed by atoms with Crippen molar-refractivity contribution in [3.05, 3.63) is 101 Å². The highest BCUT2D eigenvalue weighted by atomic mass is 16.3. The minimum absolute atomic E-state index is 0.0129. The maximum atomic E-state index is 14.1. The van der Waals surface area contributed by atoms with Crippen molar-refractivity contribution >= 4 is 11.6 Å². The highest BCUT2D eigenvalue weighted by molar-refractivity contribution is 5.98. The van der Waals surface area contributed by atoms with Crippen molar-refractivity contribution in [1.29, 1.82) is 0 Å². The fraction of sp³-hybridized carbons (Fsp3) is 0.333. The summed E-state index contributed by atoms with van der Waals surface area (Å²) in [5, 5.41) is 15.0. The average molecular weight is 496 g/mol. The topological polar surface area (TPSA) is 84.1 Å². The van der Waals surface area contributed by atoms with Crippen LogP contribution in [0.5, 0.6) is 5.75 Å². The lowest BCUT2D eigenvalue weighted by atomic mass is 9.81. The quantitative estimate of drug-likeness (QED) is 0.365. The van der Waals surface area contributed by atoms with E-state index in [2.05, 4.69) is 28.9 Å². The molecule has 1 atom stereocenters. The van der Waals surface area contributed by atoms with Crippen molar-refractivity contribution < 1.29 is 9.90 Å². The number of amides is 1. The average Bonchev–Trinajstić information content (AvgIpc) is 3.35. The van der Waals surface area contributed by atoms with Gasteiger partial charge in [-0.2, -0.15) is 5.10 Å². The van der Waals surface area contributed by atoms with Crippen LogP contribution < -0.4 is 4.90 Å². The van der Waals surface area contributed by atoms with Gasteiger partial charge in [0.05, 0.1) is 42.8 Å². The van der Waals surface area contributed by atoms with Gasteiger partial charge in [-0.25, -0.2) is 0 Å². The molecule has 0 saturated heterocycles. The van der Waals surface area contributed by atoms with Crippen LogP contribution in [0.4, 0.5) is 5.69 Å². The first kappa shape index (κ1) is 24.7. The third-order valence-corrected chi connectivity index (χ3v) is 7.18. The molecule has 0 radical (unpaired) electrons. The Kier molecular flexibility index (Phi) is 7.04. The number of fused-ring (bicyclic) bond motifs is 1. The number of hydrogen-bond acceptors (Lipinski definition) is 5. The molecule has 3 aromatic heterocycles. The number of rotatable bonds is 7. The first-order valence-electron chi connectivity index (χ1n) is 12.9. The molecule has 7 heteroatoms. The lowest BCUT2D eigenvalue weighted by Gasteiger charge is -2.31. The number of nitrogens with zero attached hydrogens (tertiary/aromatic N) is 5. The number of benzene rings is 1. The Bertz CT molecular complexity index is 1390. The van der Waals surface area contributed by atoms with E-state index >= 15 is 0 Å². The summed E-state index contributed by atoms with van der Waals surface area (Å²) in [7, 11) is 0. The molecule has 3 heterocycles. The third-order valence-electron chi connectivity index (χ3n) is 7.18. The van der Waals surface area contributed by atoms with Gasteiger partial charge in [0.15, 0.2) is 0 Å². The van der Waals surface area contributed by atoms with Crippen LogP contribution in [-0.4, -0.2) is 30.8 Å². The molecule has 0 bridgehead atoms. The van der Waals surface area contributed by atoms with Crippen LogP contribution in [0.2, 0.25) is 0 Å². The molecule has 1 N–H and O–H groups in total. The predicted molar refractivity (Wildman–Crippen MR) is 144 cm³/mol. The molecule has 1 aliphatic carbocycles. The van der Waals surface area contributed by atoms with Crippen molar-refractivity contribution in [2.45, 2.75) is 65.0 Å². The van der Waals surface area contributed by atoms with Crippen molar-refractivity contribution in [1.82, 2.24) is 19.7 Å². The molecule has 1 unspecified atom stereocenters. The van der Waals surface area contributed by atoms with Gasteiger partial charge >= 0.3 is 0 Å². The summed E-state index contributed by atoms with van der Waals surface area (Å²) in [5.41, 5.74) is 6.58. The number of phenols is 1. The molecular weight excluding hydrogens is 462 g/mol. The Morgan fingerprint density at radius 3 is 2.76 bits per heavy atom. The van der Waals surface area contributed by atoms with E-state index in [-0.39, 0.29) is 17.6 Å². The second-order valence-electron chi connectivity index (χ2n) is 10.1. The van der Waals surface area contributed by atoms with Gasteiger partial charge < -0.3 is 10.0 Å². The number of carbonyl (C=O) groups excluding carboxylic acids is 1. The lowest BCUT2D eigenvalue weighted by molar-refractivity contribution is -0.120. The summed E-state index contributed by atoms with van der Waals surface area (Å²) < 4.78 is 1.86. The van der Waals surface area contributed by atoms with Crippen LogP contribution in [0.25, 0.3) is 0 Å². The monoisotopic (exact) mass is 495 g/mol. The SMILES string of the molecule is Cc1cccnc1Cn1cc(CN(C(=O)C2CCCc3c(O)cccc32)c2ccc(C(C)C)nc2)cn1. The van der Waals surface area contributed by atoms with Gasteiger partial charge in [-0.1, -0.05) is 32.0 Å². The van der Waals surface area contributed by atoms with Gasteiger partial charge in [-0.3, -0.25) is 19.4 Å². The lowest BCUT2D eigenvalue weighted by Crippen LogP contribution is -2.36. The molecule has 0 spiro atoms. The number of aromatic hydroxyl groups is 1. The van der Waals surface area contributed by atoms with Gasteiger partial charge in [-0.15, -0.1) is 0 Å². The van der Waals surface area contributed by atoms with E-state index in [1.54, 1.807) is 18.5 Å². The maximum absolute atomic E-state index is 14.1. The molecule has 1 aromatic carbocycles. The maximum Gasteiger partial charge on any atom is 0.234 e. The second-order valence-corrected chi connectivity index (χ2v) is 10.1. The Hall–Kier alpha value is -4.00. The van der Waals surface area contributed by atoms with Crippen LogP contribution in [0.3, 0.4) is 0 Å². The molecule has 4 aromatic rings. The van der Waals surface area contributed by atoms with Crippen LogP contribution in [0.15, 0.2) is 67.3 Å². The summed E-state index contributed by atoms with van der Waals surface area (Å²) in [4.78, 5) is 25.0. The normalized spacial score (nSPS) is 15.0. The molecule has 190 valence electrons. The van der Waals surface area contributed by atoms with E-state index in [1.165, 1.54) is 0 Å². The first-order valence-corrected chi connectivity index (χ1v) is 12.9. The fourth-order valence-electron chi connectivity index (χ4n) is 5.06. The summed E-state index contributed by atoms with van der Waals surface area (Å²) in [6, 6.07) is 13.5. The van der Waals surface area contributed by atoms with Gasteiger partial charge in [0.25, 0.3) is 0 Å². The van der Waals surface area contributed by atoms with Crippen LogP contribution in [0, 0.1) is 6.92 Å². The van der Waals surface area contributed by atoms with E-state index < -0.39 is 0 Å². The molecule has 0 aliphatic heterocycles. The molecule has 0 fully saturated rings. The number of aryl methyl sites for hydroxylation is 1. The minimum Gasteiger partial charge on any atom is -0.508 e. The Balaban J connectivity index is 1.45. The zero-order valence-electron chi connectivity index (χ0n) is 21.6. The molecule has 0 saturated carbocycles. The van der Waals surface area contributed by atoms with Crippen molar-refractivity contribution in [3.8, 4) is 5.75 Å². The van der Waals surface area contributed by atoms with E-state index in [4.69, 9.17) is 0 Å². The van der Waals surface area contributed by atoms with E-state index in [0.717, 1.165) is 58.6 Å².